The van der Waals surface area contributed by atoms with Crippen molar-refractivity contribution in [3.63, 3.8) is 0 Å². The highest BCUT2D eigenvalue weighted by molar-refractivity contribution is 6.21. The van der Waals surface area contributed by atoms with Gasteiger partial charge >= 0.3 is 0 Å². The molecule has 2 aromatic heterocycles. The van der Waals surface area contributed by atoms with Gasteiger partial charge < -0.3 is 9.72 Å². The lowest BCUT2D eigenvalue weighted by Gasteiger charge is -2.13. The zero-order chi connectivity index (χ0) is 22.1. The summed E-state index contributed by atoms with van der Waals surface area (Å²) in [6, 6.07) is 20.1. The first kappa shape index (κ1) is 19.7. The molecule has 5 rings (SSSR count). The lowest BCUT2D eigenvalue weighted by molar-refractivity contribution is -0.116. The van der Waals surface area contributed by atoms with Gasteiger partial charge in [0.1, 0.15) is 5.65 Å². The predicted octanol–water partition coefficient (Wildman–Crippen LogP) is 4.02. The van der Waals surface area contributed by atoms with Crippen molar-refractivity contribution >= 4 is 29.1 Å². The van der Waals surface area contributed by atoms with Gasteiger partial charge in [0.25, 0.3) is 11.8 Å². The van der Waals surface area contributed by atoms with Gasteiger partial charge in [-0.2, -0.15) is 0 Å². The molecule has 1 aliphatic rings. The summed E-state index contributed by atoms with van der Waals surface area (Å²) in [5.41, 5.74) is 4.09. The number of fused-ring (bicyclic) bond motifs is 2. The number of rotatable bonds is 6. The Hall–Kier alpha value is -4.26. The van der Waals surface area contributed by atoms with E-state index in [0.29, 0.717) is 23.2 Å². The van der Waals surface area contributed by atoms with E-state index in [2.05, 4.69) is 10.3 Å². The van der Waals surface area contributed by atoms with Crippen LogP contribution >= 0.6 is 0 Å². The molecule has 0 bridgehead atoms. The molecule has 158 valence electrons. The predicted molar refractivity (Wildman–Crippen MR) is 120 cm³/mol. The smallest absolute Gasteiger partial charge is 0.261 e. The SMILES string of the molecule is O=C(CCCN1C(=O)c2ccccc2C1=O)Nc1cccc(-c2cn3ccccc3n2)c1. The van der Waals surface area contributed by atoms with Crippen LogP contribution in [0.1, 0.15) is 33.6 Å². The monoisotopic (exact) mass is 424 g/mol. The fraction of sp³-hybridized carbons (Fsp3) is 0.120. The fourth-order valence-electron chi connectivity index (χ4n) is 3.89. The van der Waals surface area contributed by atoms with Gasteiger partial charge in [-0.1, -0.05) is 30.3 Å². The van der Waals surface area contributed by atoms with Crippen molar-refractivity contribution in [2.75, 3.05) is 11.9 Å². The second-order valence-corrected chi connectivity index (χ2v) is 7.63. The van der Waals surface area contributed by atoms with Crippen molar-refractivity contribution in [1.82, 2.24) is 14.3 Å². The zero-order valence-electron chi connectivity index (χ0n) is 17.2. The summed E-state index contributed by atoms with van der Waals surface area (Å²) in [4.78, 5) is 43.1. The summed E-state index contributed by atoms with van der Waals surface area (Å²) in [7, 11) is 0. The van der Waals surface area contributed by atoms with E-state index in [1.807, 2.05) is 59.3 Å². The number of carbonyl (C=O) groups is 3. The van der Waals surface area contributed by atoms with Gasteiger partial charge in [0.2, 0.25) is 5.91 Å². The summed E-state index contributed by atoms with van der Waals surface area (Å²) in [6.07, 6.45) is 4.47. The van der Waals surface area contributed by atoms with Gasteiger partial charge in [0, 0.05) is 36.6 Å². The number of imide groups is 1. The molecule has 0 unspecified atom stereocenters. The molecule has 0 radical (unpaired) electrons. The number of imidazole rings is 1. The number of nitrogens with one attached hydrogen (secondary N) is 1. The van der Waals surface area contributed by atoms with E-state index in [1.165, 1.54) is 4.90 Å². The molecule has 7 heteroatoms. The Morgan fingerprint density at radius 3 is 2.41 bits per heavy atom. The maximum absolute atomic E-state index is 12.4. The number of amides is 3. The average Bonchev–Trinajstić information content (AvgIpc) is 3.35. The van der Waals surface area contributed by atoms with Crippen LogP contribution in [0, 0.1) is 0 Å². The van der Waals surface area contributed by atoms with E-state index in [-0.39, 0.29) is 30.7 Å². The van der Waals surface area contributed by atoms with Crippen LogP contribution in [0.3, 0.4) is 0 Å². The van der Waals surface area contributed by atoms with Crippen LogP contribution in [0.2, 0.25) is 0 Å². The van der Waals surface area contributed by atoms with E-state index < -0.39 is 0 Å². The summed E-state index contributed by atoms with van der Waals surface area (Å²) >= 11 is 0. The number of pyridine rings is 1. The molecule has 7 nitrogen and oxygen atoms in total. The minimum Gasteiger partial charge on any atom is -0.326 e. The van der Waals surface area contributed by atoms with Gasteiger partial charge in [-0.25, -0.2) is 4.98 Å². The Kier molecular flexibility index (Phi) is 4.99. The van der Waals surface area contributed by atoms with Crippen LogP contribution in [-0.2, 0) is 4.79 Å². The van der Waals surface area contributed by atoms with E-state index in [1.54, 1.807) is 24.3 Å². The third kappa shape index (κ3) is 3.65. The van der Waals surface area contributed by atoms with Crippen molar-refractivity contribution in [2.24, 2.45) is 0 Å². The first-order valence-corrected chi connectivity index (χ1v) is 10.4. The van der Waals surface area contributed by atoms with E-state index in [4.69, 9.17) is 0 Å². The first-order valence-electron chi connectivity index (χ1n) is 10.4. The minimum absolute atomic E-state index is 0.172. The van der Waals surface area contributed by atoms with Crippen LogP contribution in [0.5, 0.6) is 0 Å². The lowest BCUT2D eigenvalue weighted by atomic mass is 10.1. The molecule has 1 aliphatic heterocycles. The van der Waals surface area contributed by atoms with Gasteiger partial charge in [0.15, 0.2) is 0 Å². The molecule has 1 N–H and O–H groups in total. The summed E-state index contributed by atoms with van der Waals surface area (Å²) in [5.74, 6) is -0.772. The molecular formula is C25H20N4O3. The summed E-state index contributed by atoms with van der Waals surface area (Å²) in [6.45, 7) is 0.209. The number of hydrogen-bond acceptors (Lipinski definition) is 4. The van der Waals surface area contributed by atoms with Crippen LogP contribution < -0.4 is 5.32 Å². The highest BCUT2D eigenvalue weighted by atomic mass is 16.2. The van der Waals surface area contributed by atoms with Crippen LogP contribution in [-0.4, -0.2) is 38.6 Å². The quantitative estimate of drug-likeness (QED) is 0.474. The van der Waals surface area contributed by atoms with Gasteiger partial charge in [0.05, 0.1) is 16.8 Å². The van der Waals surface area contributed by atoms with Crippen LogP contribution in [0.15, 0.2) is 79.1 Å². The maximum atomic E-state index is 12.4. The number of nitrogens with zero attached hydrogens (tertiary/aromatic N) is 3. The topological polar surface area (TPSA) is 83.8 Å². The third-order valence-corrected chi connectivity index (χ3v) is 5.47. The molecule has 0 saturated heterocycles. The Morgan fingerprint density at radius 1 is 0.906 bits per heavy atom. The number of anilines is 1. The fourth-order valence-corrected chi connectivity index (χ4v) is 3.89. The van der Waals surface area contributed by atoms with E-state index in [9.17, 15) is 14.4 Å². The van der Waals surface area contributed by atoms with Crippen molar-refractivity contribution in [3.8, 4) is 11.3 Å². The molecule has 32 heavy (non-hydrogen) atoms. The Labute approximate surface area is 184 Å². The maximum Gasteiger partial charge on any atom is 0.261 e. The summed E-state index contributed by atoms with van der Waals surface area (Å²) < 4.78 is 1.94. The van der Waals surface area contributed by atoms with Crippen molar-refractivity contribution < 1.29 is 14.4 Å². The van der Waals surface area contributed by atoms with Crippen molar-refractivity contribution in [3.05, 3.63) is 90.3 Å². The second-order valence-electron chi connectivity index (χ2n) is 7.63. The molecule has 3 heterocycles. The molecule has 0 saturated carbocycles. The molecule has 0 aliphatic carbocycles. The molecule has 0 atom stereocenters. The van der Waals surface area contributed by atoms with Crippen LogP contribution in [0.25, 0.3) is 16.9 Å². The van der Waals surface area contributed by atoms with E-state index >= 15 is 0 Å². The molecule has 0 spiro atoms. The van der Waals surface area contributed by atoms with E-state index in [0.717, 1.165) is 16.9 Å². The number of hydrogen-bond donors (Lipinski definition) is 1. The lowest BCUT2D eigenvalue weighted by Crippen LogP contribution is -2.31. The minimum atomic E-state index is -0.300. The molecule has 4 aromatic rings. The summed E-state index contributed by atoms with van der Waals surface area (Å²) in [5, 5.41) is 2.89. The molecule has 0 fully saturated rings. The standard InChI is InChI=1S/C25H20N4O3/c30-23(12-6-14-29-24(31)19-9-1-2-10-20(19)25(29)32)26-18-8-5-7-17(15-18)21-16-28-13-4-3-11-22(28)27-21/h1-5,7-11,13,15-16H,6,12,14H2,(H,26,30). The zero-order valence-corrected chi connectivity index (χ0v) is 17.2. The normalized spacial score (nSPS) is 12.9. The number of carbonyl (C=O) groups excluding carboxylic acids is 3. The molecular weight excluding hydrogens is 404 g/mol. The van der Waals surface area contributed by atoms with Gasteiger partial charge in [-0.3, -0.25) is 19.3 Å². The largest absolute Gasteiger partial charge is 0.326 e. The average molecular weight is 424 g/mol. The molecule has 2 aromatic carbocycles. The first-order chi connectivity index (χ1) is 15.6. The Morgan fingerprint density at radius 2 is 1.66 bits per heavy atom. The highest BCUT2D eigenvalue weighted by Gasteiger charge is 2.34. The Bertz CT molecular complexity index is 1290. The number of aromatic nitrogens is 2. The second kappa shape index (κ2) is 8.11. The van der Waals surface area contributed by atoms with Gasteiger partial charge in [-0.15, -0.1) is 0 Å². The third-order valence-electron chi connectivity index (χ3n) is 5.47. The van der Waals surface area contributed by atoms with Crippen molar-refractivity contribution in [2.45, 2.75) is 12.8 Å². The van der Waals surface area contributed by atoms with Gasteiger partial charge in [-0.05, 0) is 42.8 Å². The number of benzene rings is 2. The van der Waals surface area contributed by atoms with Crippen molar-refractivity contribution in [1.29, 1.82) is 0 Å². The molecule has 3 amide bonds. The highest BCUT2D eigenvalue weighted by Crippen LogP contribution is 2.24. The Balaban J connectivity index is 1.19. The van der Waals surface area contributed by atoms with Crippen LogP contribution in [0.4, 0.5) is 5.69 Å².